The molecular formula is C14H19NO5S. The van der Waals surface area contributed by atoms with Crippen LogP contribution in [-0.4, -0.2) is 50.2 Å². The van der Waals surface area contributed by atoms with Crippen molar-refractivity contribution in [1.82, 2.24) is 5.32 Å². The first kappa shape index (κ1) is 15.8. The number of carbonyl (C=O) groups excluding carboxylic acids is 1. The highest BCUT2D eigenvalue weighted by molar-refractivity contribution is 7.91. The van der Waals surface area contributed by atoms with Crippen LogP contribution in [-0.2, 0) is 25.8 Å². The first-order chi connectivity index (χ1) is 9.89. The van der Waals surface area contributed by atoms with E-state index in [9.17, 15) is 18.3 Å². The lowest BCUT2D eigenvalue weighted by Crippen LogP contribution is -2.43. The molecule has 2 unspecified atom stereocenters. The van der Waals surface area contributed by atoms with Gasteiger partial charge in [-0.05, 0) is 24.1 Å². The largest absolute Gasteiger partial charge is 0.508 e. The summed E-state index contributed by atoms with van der Waals surface area (Å²) in [7, 11) is -1.70. The van der Waals surface area contributed by atoms with E-state index in [0.29, 0.717) is 6.42 Å². The molecule has 1 heterocycles. The smallest absolute Gasteiger partial charge is 0.220 e. The van der Waals surface area contributed by atoms with Gasteiger partial charge in [-0.15, -0.1) is 0 Å². The number of hydrogen-bond acceptors (Lipinski definition) is 5. The minimum absolute atomic E-state index is 0.0492. The number of ether oxygens (including phenoxy) is 1. The predicted molar refractivity (Wildman–Crippen MR) is 77.8 cm³/mol. The van der Waals surface area contributed by atoms with Gasteiger partial charge in [0.25, 0.3) is 0 Å². The number of rotatable bonds is 5. The molecule has 1 aromatic carbocycles. The highest BCUT2D eigenvalue weighted by Gasteiger charge is 2.38. The molecule has 1 fully saturated rings. The normalized spacial score (nSPS) is 23.9. The van der Waals surface area contributed by atoms with Crippen LogP contribution in [0.2, 0.25) is 0 Å². The van der Waals surface area contributed by atoms with Gasteiger partial charge < -0.3 is 15.2 Å². The Morgan fingerprint density at radius 1 is 1.33 bits per heavy atom. The first-order valence-electron chi connectivity index (χ1n) is 6.70. The van der Waals surface area contributed by atoms with E-state index in [1.165, 1.54) is 7.11 Å². The molecule has 2 rings (SSSR count). The molecule has 2 atom stereocenters. The van der Waals surface area contributed by atoms with E-state index in [1.807, 2.05) is 0 Å². The maximum absolute atomic E-state index is 11.9. The van der Waals surface area contributed by atoms with Crippen LogP contribution in [0.1, 0.15) is 12.0 Å². The number of methoxy groups -OCH3 is 1. The van der Waals surface area contributed by atoms with E-state index in [1.54, 1.807) is 24.3 Å². The molecule has 1 amide bonds. The zero-order chi connectivity index (χ0) is 15.5. The van der Waals surface area contributed by atoms with Gasteiger partial charge in [0.15, 0.2) is 9.84 Å². The standard InChI is InChI=1S/C14H19NO5S/c1-20-13-9-21(18,19)8-12(13)15-14(17)7-4-10-2-5-11(16)6-3-10/h2-3,5-6,12-13,16H,4,7-9H2,1H3,(H,15,17). The molecule has 1 aliphatic rings. The molecule has 7 heteroatoms. The third-order valence-electron chi connectivity index (χ3n) is 3.53. The van der Waals surface area contributed by atoms with Crippen molar-refractivity contribution in [3.63, 3.8) is 0 Å². The molecule has 0 aliphatic carbocycles. The third-order valence-corrected chi connectivity index (χ3v) is 5.23. The Hall–Kier alpha value is -1.60. The fraction of sp³-hybridized carbons (Fsp3) is 0.500. The second kappa shape index (κ2) is 6.44. The van der Waals surface area contributed by atoms with Crippen LogP contribution in [0.25, 0.3) is 0 Å². The first-order valence-corrected chi connectivity index (χ1v) is 8.52. The van der Waals surface area contributed by atoms with Crippen molar-refractivity contribution >= 4 is 15.7 Å². The zero-order valence-corrected chi connectivity index (χ0v) is 12.6. The summed E-state index contributed by atoms with van der Waals surface area (Å²) in [6.07, 6.45) is 0.314. The van der Waals surface area contributed by atoms with Gasteiger partial charge in [0.1, 0.15) is 5.75 Å². The van der Waals surface area contributed by atoms with E-state index < -0.39 is 22.0 Å². The highest BCUT2D eigenvalue weighted by Crippen LogP contribution is 2.16. The highest BCUT2D eigenvalue weighted by atomic mass is 32.2. The Kier molecular flexibility index (Phi) is 4.84. The minimum Gasteiger partial charge on any atom is -0.508 e. The Balaban J connectivity index is 1.85. The maximum Gasteiger partial charge on any atom is 0.220 e. The van der Waals surface area contributed by atoms with Gasteiger partial charge in [0.05, 0.1) is 23.7 Å². The lowest BCUT2D eigenvalue weighted by atomic mass is 10.1. The van der Waals surface area contributed by atoms with Crippen molar-refractivity contribution < 1.29 is 23.1 Å². The number of nitrogens with one attached hydrogen (secondary N) is 1. The predicted octanol–water partition coefficient (Wildman–Crippen LogP) is 0.253. The third kappa shape index (κ3) is 4.44. The Morgan fingerprint density at radius 3 is 2.62 bits per heavy atom. The van der Waals surface area contributed by atoms with Gasteiger partial charge in [-0.1, -0.05) is 12.1 Å². The summed E-state index contributed by atoms with van der Waals surface area (Å²) < 4.78 is 28.2. The van der Waals surface area contributed by atoms with Crippen molar-refractivity contribution in [1.29, 1.82) is 0 Å². The van der Waals surface area contributed by atoms with E-state index in [2.05, 4.69) is 5.32 Å². The van der Waals surface area contributed by atoms with Gasteiger partial charge in [-0.25, -0.2) is 8.42 Å². The van der Waals surface area contributed by atoms with Crippen LogP contribution in [0.3, 0.4) is 0 Å². The number of phenolic OH excluding ortho intramolecular Hbond substituents is 1. The van der Waals surface area contributed by atoms with Crippen LogP contribution >= 0.6 is 0 Å². The quantitative estimate of drug-likeness (QED) is 0.813. The number of carbonyl (C=O) groups is 1. The fourth-order valence-electron chi connectivity index (χ4n) is 2.38. The second-order valence-corrected chi connectivity index (χ2v) is 7.35. The summed E-state index contributed by atoms with van der Waals surface area (Å²) in [6.45, 7) is 0. The second-order valence-electron chi connectivity index (χ2n) is 5.19. The van der Waals surface area contributed by atoms with Crippen LogP contribution in [0.15, 0.2) is 24.3 Å². The fourth-order valence-corrected chi connectivity index (χ4v) is 4.23. The molecule has 1 aliphatic heterocycles. The van der Waals surface area contributed by atoms with E-state index in [0.717, 1.165) is 5.56 Å². The average Bonchev–Trinajstić information content (AvgIpc) is 2.72. The summed E-state index contributed by atoms with van der Waals surface area (Å²) in [5.74, 6) is -0.141. The Labute approximate surface area is 124 Å². The van der Waals surface area contributed by atoms with Crippen LogP contribution in [0.4, 0.5) is 0 Å². The molecule has 0 saturated carbocycles. The molecule has 1 saturated heterocycles. The van der Waals surface area contributed by atoms with Crippen molar-refractivity contribution in [3.8, 4) is 5.75 Å². The van der Waals surface area contributed by atoms with Crippen molar-refractivity contribution in [2.24, 2.45) is 0 Å². The molecule has 6 nitrogen and oxygen atoms in total. The molecule has 21 heavy (non-hydrogen) atoms. The summed E-state index contributed by atoms with van der Waals surface area (Å²) in [6, 6.07) is 6.16. The van der Waals surface area contributed by atoms with Crippen molar-refractivity contribution in [2.75, 3.05) is 18.6 Å². The summed E-state index contributed by atoms with van der Waals surface area (Å²) in [5.41, 5.74) is 0.935. The number of hydrogen-bond donors (Lipinski definition) is 2. The van der Waals surface area contributed by atoms with Crippen LogP contribution in [0.5, 0.6) is 5.75 Å². The Bertz CT molecular complexity index is 596. The topological polar surface area (TPSA) is 92.7 Å². The van der Waals surface area contributed by atoms with E-state index in [-0.39, 0.29) is 29.6 Å². The van der Waals surface area contributed by atoms with Crippen LogP contribution in [0, 0.1) is 0 Å². The maximum atomic E-state index is 11.9. The Morgan fingerprint density at radius 2 is 2.00 bits per heavy atom. The molecule has 0 aromatic heterocycles. The van der Waals surface area contributed by atoms with Gasteiger partial charge in [0, 0.05) is 13.5 Å². The molecule has 2 N–H and O–H groups in total. The summed E-state index contributed by atoms with van der Waals surface area (Å²) >= 11 is 0. The molecule has 116 valence electrons. The van der Waals surface area contributed by atoms with Crippen molar-refractivity contribution in [3.05, 3.63) is 29.8 Å². The van der Waals surface area contributed by atoms with Gasteiger partial charge in [0.2, 0.25) is 5.91 Å². The van der Waals surface area contributed by atoms with Crippen LogP contribution < -0.4 is 5.32 Å². The lowest BCUT2D eigenvalue weighted by molar-refractivity contribution is -0.122. The monoisotopic (exact) mass is 313 g/mol. The molecule has 1 aromatic rings. The van der Waals surface area contributed by atoms with Gasteiger partial charge >= 0.3 is 0 Å². The van der Waals surface area contributed by atoms with Gasteiger partial charge in [-0.3, -0.25) is 4.79 Å². The minimum atomic E-state index is -3.14. The SMILES string of the molecule is COC1CS(=O)(=O)CC1NC(=O)CCc1ccc(O)cc1. The molecule has 0 radical (unpaired) electrons. The molecular weight excluding hydrogens is 294 g/mol. The zero-order valence-electron chi connectivity index (χ0n) is 11.8. The number of aryl methyl sites for hydroxylation is 1. The molecule has 0 bridgehead atoms. The number of aromatic hydroxyl groups is 1. The number of amides is 1. The number of sulfone groups is 1. The summed E-state index contributed by atoms with van der Waals surface area (Å²) in [5, 5.41) is 11.9. The number of phenols is 1. The lowest BCUT2D eigenvalue weighted by Gasteiger charge is -2.17. The molecule has 0 spiro atoms. The summed E-state index contributed by atoms with van der Waals surface area (Å²) in [4.78, 5) is 11.9. The average molecular weight is 313 g/mol. The van der Waals surface area contributed by atoms with E-state index >= 15 is 0 Å². The number of benzene rings is 1. The van der Waals surface area contributed by atoms with Crippen molar-refractivity contribution in [2.45, 2.75) is 25.0 Å². The van der Waals surface area contributed by atoms with E-state index in [4.69, 9.17) is 4.74 Å². The van der Waals surface area contributed by atoms with Gasteiger partial charge in [-0.2, -0.15) is 0 Å².